The summed E-state index contributed by atoms with van der Waals surface area (Å²) in [6.07, 6.45) is 5.16. The summed E-state index contributed by atoms with van der Waals surface area (Å²) < 4.78 is 10.6. The van der Waals surface area contributed by atoms with E-state index in [1.165, 1.54) is 0 Å². The molecular weight excluding hydrogens is 308 g/mol. The van der Waals surface area contributed by atoms with E-state index >= 15 is 0 Å². The van der Waals surface area contributed by atoms with Crippen LogP contribution >= 0.6 is 0 Å². The van der Waals surface area contributed by atoms with Crippen molar-refractivity contribution in [2.75, 3.05) is 32.8 Å². The lowest BCUT2D eigenvalue weighted by Crippen LogP contribution is -2.42. The molecule has 2 aliphatic heterocycles. The van der Waals surface area contributed by atoms with Crippen LogP contribution in [0.1, 0.15) is 32.3 Å². The quantitative estimate of drug-likeness (QED) is 0.787. The van der Waals surface area contributed by atoms with Gasteiger partial charge in [0.2, 0.25) is 5.91 Å². The largest absolute Gasteiger partial charge is 0.472 e. The van der Waals surface area contributed by atoms with Gasteiger partial charge in [0.1, 0.15) is 0 Å². The van der Waals surface area contributed by atoms with Crippen LogP contribution in [0, 0.1) is 11.3 Å². The molecule has 0 N–H and O–H groups in total. The van der Waals surface area contributed by atoms with Crippen LogP contribution in [0.15, 0.2) is 23.0 Å². The van der Waals surface area contributed by atoms with Gasteiger partial charge in [-0.05, 0) is 32.4 Å². The summed E-state index contributed by atoms with van der Waals surface area (Å²) in [6, 6.07) is 1.97. The molecule has 0 aromatic carbocycles. The van der Waals surface area contributed by atoms with E-state index in [0.717, 1.165) is 38.0 Å². The fourth-order valence-corrected chi connectivity index (χ4v) is 4.14. The maximum absolute atomic E-state index is 12.8. The Kier molecular flexibility index (Phi) is 4.94. The van der Waals surface area contributed by atoms with E-state index in [2.05, 4.69) is 4.90 Å². The zero-order valence-corrected chi connectivity index (χ0v) is 14.5. The van der Waals surface area contributed by atoms with Gasteiger partial charge in [0.25, 0.3) is 0 Å². The van der Waals surface area contributed by atoms with Gasteiger partial charge in [-0.15, -0.1) is 0 Å². The monoisotopic (exact) mass is 334 g/mol. The number of amides is 1. The van der Waals surface area contributed by atoms with Gasteiger partial charge in [0.05, 0.1) is 24.5 Å². The van der Waals surface area contributed by atoms with Crippen molar-refractivity contribution >= 4 is 11.9 Å². The first-order valence-corrected chi connectivity index (χ1v) is 8.71. The number of fused-ring (bicyclic) bond motifs is 1. The van der Waals surface area contributed by atoms with Gasteiger partial charge >= 0.3 is 5.97 Å². The van der Waals surface area contributed by atoms with Crippen molar-refractivity contribution in [2.24, 2.45) is 11.3 Å². The molecule has 132 valence electrons. The highest BCUT2D eigenvalue weighted by atomic mass is 16.5. The SMILES string of the molecule is CCOC(=O)[C@@]12CCCN(Cc3ccoc3)C[C@@H]1CN(C(C)=O)C2. The third-order valence-electron chi connectivity index (χ3n) is 5.38. The second-order valence-electron chi connectivity index (χ2n) is 6.94. The van der Waals surface area contributed by atoms with E-state index in [1.807, 2.05) is 17.9 Å². The molecule has 0 bridgehead atoms. The molecule has 2 saturated heterocycles. The van der Waals surface area contributed by atoms with Crippen LogP contribution in [-0.4, -0.2) is 54.5 Å². The summed E-state index contributed by atoms with van der Waals surface area (Å²) in [7, 11) is 0. The molecule has 1 aromatic rings. The number of hydrogen-bond donors (Lipinski definition) is 0. The maximum Gasteiger partial charge on any atom is 0.314 e. The Balaban J connectivity index is 1.80. The van der Waals surface area contributed by atoms with Crippen LogP contribution in [0.5, 0.6) is 0 Å². The van der Waals surface area contributed by atoms with Gasteiger partial charge in [-0.2, -0.15) is 0 Å². The highest BCUT2D eigenvalue weighted by Gasteiger charge is 2.54. The highest BCUT2D eigenvalue weighted by molar-refractivity contribution is 5.81. The number of hydrogen-bond acceptors (Lipinski definition) is 5. The van der Waals surface area contributed by atoms with E-state index in [0.29, 0.717) is 19.7 Å². The van der Waals surface area contributed by atoms with Crippen LogP contribution < -0.4 is 0 Å². The van der Waals surface area contributed by atoms with E-state index in [-0.39, 0.29) is 17.8 Å². The van der Waals surface area contributed by atoms with Crippen molar-refractivity contribution in [2.45, 2.75) is 33.2 Å². The lowest BCUT2D eigenvalue weighted by Gasteiger charge is -2.31. The van der Waals surface area contributed by atoms with Crippen molar-refractivity contribution in [1.82, 2.24) is 9.80 Å². The van der Waals surface area contributed by atoms with Crippen LogP contribution in [0.4, 0.5) is 0 Å². The zero-order chi connectivity index (χ0) is 17.2. The normalized spacial score (nSPS) is 27.6. The second kappa shape index (κ2) is 6.97. The molecule has 1 amide bonds. The third kappa shape index (κ3) is 3.20. The fourth-order valence-electron chi connectivity index (χ4n) is 4.14. The number of furan rings is 1. The Morgan fingerprint density at radius 3 is 2.92 bits per heavy atom. The van der Waals surface area contributed by atoms with Crippen molar-refractivity contribution in [3.8, 4) is 0 Å². The zero-order valence-electron chi connectivity index (χ0n) is 14.5. The summed E-state index contributed by atoms with van der Waals surface area (Å²) >= 11 is 0. The number of ether oxygens (including phenoxy) is 1. The van der Waals surface area contributed by atoms with Crippen LogP contribution in [0.3, 0.4) is 0 Å². The lowest BCUT2D eigenvalue weighted by molar-refractivity contribution is -0.157. The van der Waals surface area contributed by atoms with Gasteiger partial charge < -0.3 is 14.1 Å². The van der Waals surface area contributed by atoms with Crippen molar-refractivity contribution in [3.63, 3.8) is 0 Å². The van der Waals surface area contributed by atoms with Gasteiger partial charge in [0, 0.05) is 44.6 Å². The van der Waals surface area contributed by atoms with Crippen LogP contribution in [-0.2, 0) is 20.9 Å². The smallest absolute Gasteiger partial charge is 0.314 e. The second-order valence-corrected chi connectivity index (χ2v) is 6.94. The molecule has 0 spiro atoms. The average molecular weight is 334 g/mol. The molecule has 3 rings (SSSR count). The third-order valence-corrected chi connectivity index (χ3v) is 5.38. The maximum atomic E-state index is 12.8. The molecule has 0 unspecified atom stereocenters. The van der Waals surface area contributed by atoms with E-state index in [1.54, 1.807) is 19.5 Å². The molecule has 24 heavy (non-hydrogen) atoms. The van der Waals surface area contributed by atoms with Crippen LogP contribution in [0.2, 0.25) is 0 Å². The predicted octanol–water partition coefficient (Wildman–Crippen LogP) is 1.90. The first kappa shape index (κ1) is 17.0. The van der Waals surface area contributed by atoms with Crippen LogP contribution in [0.25, 0.3) is 0 Å². The Morgan fingerprint density at radius 1 is 1.42 bits per heavy atom. The van der Waals surface area contributed by atoms with Gasteiger partial charge in [0.15, 0.2) is 0 Å². The van der Waals surface area contributed by atoms with E-state index < -0.39 is 5.41 Å². The standard InChI is InChI=1S/C18H26N2O4/c1-3-24-17(22)18-6-4-7-19(9-15-5-8-23-12-15)10-16(18)11-20(13-18)14(2)21/h5,8,12,16H,3-4,6-7,9-11,13H2,1-2H3/t16-,18-/m1/s1. The summed E-state index contributed by atoms with van der Waals surface area (Å²) in [5, 5.41) is 0. The van der Waals surface area contributed by atoms with Gasteiger partial charge in [-0.25, -0.2) is 0 Å². The minimum absolute atomic E-state index is 0.0353. The summed E-state index contributed by atoms with van der Waals surface area (Å²) in [4.78, 5) is 28.8. The summed E-state index contributed by atoms with van der Waals surface area (Å²) in [5.74, 6) is 0.0203. The lowest BCUT2D eigenvalue weighted by atomic mass is 9.75. The summed E-state index contributed by atoms with van der Waals surface area (Å²) in [5.41, 5.74) is 0.590. The molecule has 6 nitrogen and oxygen atoms in total. The predicted molar refractivity (Wildman–Crippen MR) is 88.0 cm³/mol. The van der Waals surface area contributed by atoms with Gasteiger partial charge in [-0.1, -0.05) is 0 Å². The van der Waals surface area contributed by atoms with Crippen molar-refractivity contribution < 1.29 is 18.7 Å². The number of carbonyl (C=O) groups is 2. The topological polar surface area (TPSA) is 63.0 Å². The Labute approximate surface area is 142 Å². The van der Waals surface area contributed by atoms with E-state index in [4.69, 9.17) is 9.15 Å². The highest BCUT2D eigenvalue weighted by Crippen LogP contribution is 2.44. The Morgan fingerprint density at radius 2 is 2.25 bits per heavy atom. The Hall–Kier alpha value is -1.82. The minimum atomic E-state index is -0.549. The molecule has 0 radical (unpaired) electrons. The first-order valence-electron chi connectivity index (χ1n) is 8.71. The molecule has 3 heterocycles. The molecule has 0 saturated carbocycles. The summed E-state index contributed by atoms with van der Waals surface area (Å²) in [6.45, 7) is 7.48. The molecule has 1 aromatic heterocycles. The number of likely N-dealkylation sites (tertiary alicyclic amines) is 2. The number of esters is 1. The molecule has 0 aliphatic carbocycles. The molecule has 2 fully saturated rings. The molecular formula is C18H26N2O4. The number of nitrogens with zero attached hydrogens (tertiary/aromatic N) is 2. The Bertz CT molecular complexity index is 586. The first-order chi connectivity index (χ1) is 11.5. The van der Waals surface area contributed by atoms with Gasteiger partial charge in [-0.3, -0.25) is 14.5 Å². The molecule has 6 heteroatoms. The number of rotatable bonds is 4. The van der Waals surface area contributed by atoms with Crippen molar-refractivity contribution in [1.29, 1.82) is 0 Å². The van der Waals surface area contributed by atoms with E-state index in [9.17, 15) is 9.59 Å². The fraction of sp³-hybridized carbons (Fsp3) is 0.667. The molecule has 2 aliphatic rings. The number of carbonyl (C=O) groups excluding carboxylic acids is 2. The minimum Gasteiger partial charge on any atom is -0.472 e. The van der Waals surface area contributed by atoms with Crippen molar-refractivity contribution in [3.05, 3.63) is 24.2 Å². The average Bonchev–Trinajstić information content (AvgIpc) is 3.13. The molecule has 2 atom stereocenters.